The minimum Gasteiger partial charge on any atom is -0.350 e. The van der Waals surface area contributed by atoms with Gasteiger partial charge in [0.25, 0.3) is 5.91 Å². The molecule has 0 fully saturated rings. The van der Waals surface area contributed by atoms with Gasteiger partial charge in [-0.2, -0.15) is 0 Å². The number of benzene rings is 1. The number of hydrogen-bond acceptors (Lipinski definition) is 1. The number of alkyl halides is 1. The summed E-state index contributed by atoms with van der Waals surface area (Å²) in [7, 11) is 0. The molecule has 0 saturated heterocycles. The van der Waals surface area contributed by atoms with Gasteiger partial charge in [0.15, 0.2) is 0 Å². The summed E-state index contributed by atoms with van der Waals surface area (Å²) in [5, 5.41) is 2.59. The van der Waals surface area contributed by atoms with Crippen LogP contribution >= 0.6 is 11.6 Å². The third kappa shape index (κ3) is 4.20. The van der Waals surface area contributed by atoms with E-state index in [1.807, 2.05) is 0 Å². The fraction of sp³-hybridized carbons (Fsp3) is 0.533. The molecule has 106 valence electrons. The maximum atomic E-state index is 13.8. The summed E-state index contributed by atoms with van der Waals surface area (Å²) in [5.41, 5.74) is 0.545. The molecule has 1 atom stereocenters. The van der Waals surface area contributed by atoms with Gasteiger partial charge in [0, 0.05) is 6.54 Å². The molecule has 4 heteroatoms. The van der Waals surface area contributed by atoms with Crippen molar-refractivity contribution in [2.45, 2.75) is 39.0 Å². The van der Waals surface area contributed by atoms with Crippen molar-refractivity contribution in [1.82, 2.24) is 5.32 Å². The van der Waals surface area contributed by atoms with Gasteiger partial charge in [0.1, 0.15) is 5.82 Å². The third-order valence-electron chi connectivity index (χ3n) is 3.45. The Morgan fingerprint density at radius 3 is 2.58 bits per heavy atom. The van der Waals surface area contributed by atoms with Crippen LogP contribution in [0.2, 0.25) is 0 Å². The Bertz CT molecular complexity index is 432. The van der Waals surface area contributed by atoms with Crippen molar-refractivity contribution in [3.63, 3.8) is 0 Å². The molecule has 1 aromatic carbocycles. The zero-order chi connectivity index (χ0) is 14.4. The van der Waals surface area contributed by atoms with Crippen LogP contribution < -0.4 is 5.32 Å². The zero-order valence-corrected chi connectivity index (χ0v) is 12.4. The van der Waals surface area contributed by atoms with E-state index in [9.17, 15) is 9.18 Å². The lowest BCUT2D eigenvalue weighted by atomic mass is 9.99. The summed E-state index contributed by atoms with van der Waals surface area (Å²) < 4.78 is 13.8. The van der Waals surface area contributed by atoms with E-state index in [-0.39, 0.29) is 10.9 Å². The fourth-order valence-corrected chi connectivity index (χ4v) is 2.51. The number of hydrogen-bond donors (Lipinski definition) is 1. The topological polar surface area (TPSA) is 29.1 Å². The first kappa shape index (κ1) is 16.0. The highest BCUT2D eigenvalue weighted by atomic mass is 35.5. The Morgan fingerprint density at radius 2 is 2.00 bits per heavy atom. The van der Waals surface area contributed by atoms with Gasteiger partial charge in [-0.05, 0) is 24.5 Å². The van der Waals surface area contributed by atoms with E-state index in [2.05, 4.69) is 19.2 Å². The molecule has 0 bridgehead atoms. The normalized spacial score (nSPS) is 12.5. The molecule has 1 unspecified atom stereocenters. The van der Waals surface area contributed by atoms with E-state index in [4.69, 9.17) is 11.6 Å². The molecule has 0 aromatic heterocycles. The predicted molar refractivity (Wildman–Crippen MR) is 77.2 cm³/mol. The minimum absolute atomic E-state index is 0.0772. The van der Waals surface area contributed by atoms with Crippen LogP contribution in [-0.4, -0.2) is 17.8 Å². The third-order valence-corrected chi connectivity index (χ3v) is 3.96. The van der Waals surface area contributed by atoms with Crippen molar-refractivity contribution in [3.05, 3.63) is 35.1 Å². The average molecular weight is 286 g/mol. The number of halogens is 2. The number of aryl methyl sites for hydroxylation is 1. The lowest BCUT2D eigenvalue weighted by molar-refractivity contribution is 0.0947. The smallest absolute Gasteiger partial charge is 0.254 e. The summed E-state index contributed by atoms with van der Waals surface area (Å²) in [5.74, 6) is -0.504. The number of nitrogens with one attached hydrogen (secondary N) is 1. The summed E-state index contributed by atoms with van der Waals surface area (Å²) in [6.45, 7) is 6.15. The summed E-state index contributed by atoms with van der Waals surface area (Å²) in [6, 6.07) is 4.80. The largest absolute Gasteiger partial charge is 0.350 e. The molecule has 0 saturated carbocycles. The van der Waals surface area contributed by atoms with Gasteiger partial charge in [0.2, 0.25) is 0 Å². The molecular weight excluding hydrogens is 265 g/mol. The monoisotopic (exact) mass is 285 g/mol. The lowest BCUT2D eigenvalue weighted by Gasteiger charge is -2.19. The van der Waals surface area contributed by atoms with Gasteiger partial charge >= 0.3 is 0 Å². The molecular formula is C15H21ClFNO. The molecule has 1 rings (SSSR count). The van der Waals surface area contributed by atoms with Crippen molar-refractivity contribution in [2.24, 2.45) is 5.92 Å². The highest BCUT2D eigenvalue weighted by Crippen LogP contribution is 2.18. The molecule has 2 nitrogen and oxygen atoms in total. The highest BCUT2D eigenvalue weighted by Gasteiger charge is 2.18. The van der Waals surface area contributed by atoms with Crippen molar-refractivity contribution >= 4 is 17.5 Å². The van der Waals surface area contributed by atoms with E-state index in [0.29, 0.717) is 18.0 Å². The van der Waals surface area contributed by atoms with E-state index < -0.39 is 11.7 Å². The maximum Gasteiger partial charge on any atom is 0.254 e. The SMILES string of the molecule is CCC(CC)C(Cl)CNC(=O)c1cccc(C)c1F. The first-order valence-electron chi connectivity index (χ1n) is 6.68. The maximum absolute atomic E-state index is 13.8. The Morgan fingerprint density at radius 1 is 1.37 bits per heavy atom. The van der Waals surface area contributed by atoms with Crippen LogP contribution in [0, 0.1) is 18.7 Å². The van der Waals surface area contributed by atoms with E-state index in [1.54, 1.807) is 19.1 Å². The molecule has 0 aliphatic rings. The molecule has 1 N–H and O–H groups in total. The standard InChI is InChI=1S/C15H21ClFNO/c1-4-11(5-2)13(16)9-18-15(19)12-8-6-7-10(3)14(12)17/h6-8,11,13H,4-5,9H2,1-3H3,(H,18,19). The Balaban J connectivity index is 2.63. The fourth-order valence-electron chi connectivity index (χ4n) is 2.08. The summed E-state index contributed by atoms with van der Waals surface area (Å²) >= 11 is 6.24. The number of carbonyl (C=O) groups is 1. The summed E-state index contributed by atoms with van der Waals surface area (Å²) in [6.07, 6.45) is 1.94. The Kier molecular flexibility index (Phi) is 6.29. The van der Waals surface area contributed by atoms with Crippen LogP contribution in [-0.2, 0) is 0 Å². The second-order valence-corrected chi connectivity index (χ2v) is 5.30. The van der Waals surface area contributed by atoms with Crippen LogP contribution in [0.4, 0.5) is 4.39 Å². The molecule has 0 heterocycles. The Hall–Kier alpha value is -1.09. The van der Waals surface area contributed by atoms with Gasteiger partial charge < -0.3 is 5.32 Å². The van der Waals surface area contributed by atoms with E-state index >= 15 is 0 Å². The molecule has 0 spiro atoms. The minimum atomic E-state index is -0.464. The second-order valence-electron chi connectivity index (χ2n) is 4.74. The molecule has 19 heavy (non-hydrogen) atoms. The van der Waals surface area contributed by atoms with Crippen LogP contribution in [0.3, 0.4) is 0 Å². The average Bonchev–Trinajstić information content (AvgIpc) is 2.40. The van der Waals surface area contributed by atoms with Gasteiger partial charge in [-0.1, -0.05) is 38.8 Å². The van der Waals surface area contributed by atoms with Crippen LogP contribution in [0.1, 0.15) is 42.6 Å². The molecule has 0 radical (unpaired) electrons. The van der Waals surface area contributed by atoms with Gasteiger partial charge in [-0.25, -0.2) is 4.39 Å². The molecule has 1 amide bonds. The van der Waals surface area contributed by atoms with Crippen molar-refractivity contribution in [1.29, 1.82) is 0 Å². The van der Waals surface area contributed by atoms with Crippen LogP contribution in [0.25, 0.3) is 0 Å². The van der Waals surface area contributed by atoms with E-state index in [1.165, 1.54) is 6.07 Å². The van der Waals surface area contributed by atoms with Gasteiger partial charge in [-0.15, -0.1) is 11.6 Å². The van der Waals surface area contributed by atoms with E-state index in [0.717, 1.165) is 12.8 Å². The zero-order valence-electron chi connectivity index (χ0n) is 11.7. The van der Waals surface area contributed by atoms with Crippen molar-refractivity contribution in [2.75, 3.05) is 6.54 Å². The van der Waals surface area contributed by atoms with Crippen LogP contribution in [0.15, 0.2) is 18.2 Å². The van der Waals surface area contributed by atoms with Crippen LogP contribution in [0.5, 0.6) is 0 Å². The van der Waals surface area contributed by atoms with Gasteiger partial charge in [-0.3, -0.25) is 4.79 Å². The lowest BCUT2D eigenvalue weighted by Crippen LogP contribution is -2.33. The first-order valence-corrected chi connectivity index (χ1v) is 7.12. The molecule has 0 aliphatic carbocycles. The summed E-state index contributed by atoms with van der Waals surface area (Å²) in [4.78, 5) is 11.9. The van der Waals surface area contributed by atoms with Crippen molar-refractivity contribution in [3.8, 4) is 0 Å². The number of amides is 1. The van der Waals surface area contributed by atoms with Gasteiger partial charge in [0.05, 0.1) is 10.9 Å². The first-order chi connectivity index (χ1) is 9.01. The molecule has 1 aromatic rings. The Labute approximate surface area is 119 Å². The van der Waals surface area contributed by atoms with Crippen molar-refractivity contribution < 1.29 is 9.18 Å². The second kappa shape index (κ2) is 7.49. The molecule has 0 aliphatic heterocycles. The predicted octanol–water partition coefficient (Wildman–Crippen LogP) is 3.91. The number of rotatable bonds is 6. The highest BCUT2D eigenvalue weighted by molar-refractivity contribution is 6.21. The quantitative estimate of drug-likeness (QED) is 0.789. The number of carbonyl (C=O) groups excluding carboxylic acids is 1.